The maximum atomic E-state index is 13.4. The normalized spacial score (nSPS) is 11.3. The van der Waals surface area contributed by atoms with Crippen LogP contribution in [0.1, 0.15) is 35.2 Å². The van der Waals surface area contributed by atoms with Gasteiger partial charge in [-0.15, -0.1) is 0 Å². The zero-order valence-electron chi connectivity index (χ0n) is 21.2. The van der Waals surface area contributed by atoms with E-state index in [1.807, 2.05) is 60.7 Å². The molecule has 1 amide bonds. The standard InChI is InChI=1S/C28H25N5O6/c1-18(29-30-27(35)26(19-9-5-3-6-10-19)20-11-7-4-8-12-20)25-23(17-24(34)39-2)31-32(28(25)36)21-13-15-22(16-14-21)33(37)38/h3-16,26,31H,17H2,1-2H3,(H,30,35). The Morgan fingerprint density at radius 2 is 1.56 bits per heavy atom. The number of esters is 1. The fourth-order valence-electron chi connectivity index (χ4n) is 4.15. The number of non-ortho nitro benzene ring substituents is 1. The Morgan fingerprint density at radius 3 is 2.08 bits per heavy atom. The molecule has 1 heterocycles. The van der Waals surface area contributed by atoms with Gasteiger partial charge in [0.15, 0.2) is 0 Å². The monoisotopic (exact) mass is 527 g/mol. The molecule has 4 aromatic rings. The van der Waals surface area contributed by atoms with Gasteiger partial charge in [-0.2, -0.15) is 5.10 Å². The Labute approximate surface area is 222 Å². The molecule has 3 aromatic carbocycles. The van der Waals surface area contributed by atoms with Gasteiger partial charge in [0.1, 0.15) is 0 Å². The minimum Gasteiger partial charge on any atom is -0.469 e. The van der Waals surface area contributed by atoms with Crippen LogP contribution >= 0.6 is 0 Å². The van der Waals surface area contributed by atoms with Gasteiger partial charge in [0.05, 0.1) is 47.0 Å². The van der Waals surface area contributed by atoms with Crippen LogP contribution in [0.4, 0.5) is 5.69 Å². The molecule has 0 unspecified atom stereocenters. The molecule has 0 aliphatic carbocycles. The van der Waals surface area contributed by atoms with Crippen LogP contribution in [0.3, 0.4) is 0 Å². The SMILES string of the molecule is COC(=O)Cc1[nH]n(-c2ccc([N+](=O)[O-])cc2)c(=O)c1C(C)=NNC(=O)C(c1ccccc1)c1ccccc1. The van der Waals surface area contributed by atoms with Crippen LogP contribution in [-0.4, -0.2) is 39.4 Å². The van der Waals surface area contributed by atoms with Crippen LogP contribution in [0.5, 0.6) is 0 Å². The number of carbonyl (C=O) groups is 2. The smallest absolute Gasteiger partial charge is 0.311 e. The number of hydrogen-bond donors (Lipinski definition) is 2. The van der Waals surface area contributed by atoms with Crippen LogP contribution in [0, 0.1) is 10.1 Å². The number of nitrogens with one attached hydrogen (secondary N) is 2. The molecule has 11 heteroatoms. The number of hydrazone groups is 1. The van der Waals surface area contributed by atoms with Gasteiger partial charge >= 0.3 is 5.97 Å². The number of H-pyrrole nitrogens is 1. The molecule has 0 atom stereocenters. The summed E-state index contributed by atoms with van der Waals surface area (Å²) < 4.78 is 5.91. The minimum absolute atomic E-state index is 0.0648. The summed E-state index contributed by atoms with van der Waals surface area (Å²) in [5.74, 6) is -1.66. The maximum Gasteiger partial charge on any atom is 0.311 e. The van der Waals surface area contributed by atoms with Gasteiger partial charge in [-0.1, -0.05) is 60.7 Å². The first-order chi connectivity index (χ1) is 18.8. The number of methoxy groups -OCH3 is 1. The lowest BCUT2D eigenvalue weighted by atomic mass is 9.91. The van der Waals surface area contributed by atoms with E-state index in [9.17, 15) is 24.5 Å². The quantitative estimate of drug-likeness (QED) is 0.147. The van der Waals surface area contributed by atoms with Gasteiger partial charge in [0.2, 0.25) is 0 Å². The number of amides is 1. The second-order valence-corrected chi connectivity index (χ2v) is 8.56. The Morgan fingerprint density at radius 1 is 1.00 bits per heavy atom. The molecule has 0 fully saturated rings. The van der Waals surface area contributed by atoms with E-state index in [1.165, 1.54) is 38.3 Å². The molecule has 0 saturated heterocycles. The molecule has 0 radical (unpaired) electrons. The fraction of sp³-hybridized carbons (Fsp3) is 0.143. The van der Waals surface area contributed by atoms with E-state index in [1.54, 1.807) is 0 Å². The van der Waals surface area contributed by atoms with Crippen molar-refractivity contribution in [2.75, 3.05) is 7.11 Å². The molecular weight excluding hydrogens is 502 g/mol. The Bertz CT molecular complexity index is 1530. The van der Waals surface area contributed by atoms with Crippen molar-refractivity contribution in [3.63, 3.8) is 0 Å². The molecule has 4 rings (SSSR count). The predicted molar refractivity (Wildman–Crippen MR) is 144 cm³/mol. The number of ether oxygens (including phenoxy) is 1. The summed E-state index contributed by atoms with van der Waals surface area (Å²) in [6.45, 7) is 1.53. The summed E-state index contributed by atoms with van der Waals surface area (Å²) in [6.07, 6.45) is -0.265. The number of nitrogens with zero attached hydrogens (tertiary/aromatic N) is 3. The average Bonchev–Trinajstić information content (AvgIpc) is 3.28. The third-order valence-corrected chi connectivity index (χ3v) is 6.06. The number of nitro benzene ring substituents is 1. The van der Waals surface area contributed by atoms with Crippen molar-refractivity contribution in [3.8, 4) is 5.69 Å². The van der Waals surface area contributed by atoms with Crippen molar-refractivity contribution in [1.29, 1.82) is 0 Å². The Hall–Kier alpha value is -5.32. The van der Waals surface area contributed by atoms with E-state index in [4.69, 9.17) is 4.74 Å². The lowest BCUT2D eigenvalue weighted by Crippen LogP contribution is -2.28. The topological polar surface area (TPSA) is 149 Å². The van der Waals surface area contributed by atoms with Crippen LogP contribution in [0.2, 0.25) is 0 Å². The average molecular weight is 528 g/mol. The van der Waals surface area contributed by atoms with Crippen LogP contribution in [0.25, 0.3) is 5.69 Å². The lowest BCUT2D eigenvalue weighted by Gasteiger charge is -2.16. The van der Waals surface area contributed by atoms with Crippen molar-refractivity contribution in [2.45, 2.75) is 19.3 Å². The van der Waals surface area contributed by atoms with Crippen molar-refractivity contribution >= 4 is 23.3 Å². The summed E-state index contributed by atoms with van der Waals surface area (Å²) in [5, 5.41) is 18.1. The second kappa shape index (κ2) is 11.8. The van der Waals surface area contributed by atoms with Crippen molar-refractivity contribution < 1.29 is 19.2 Å². The molecule has 2 N–H and O–H groups in total. The van der Waals surface area contributed by atoms with E-state index >= 15 is 0 Å². The maximum absolute atomic E-state index is 13.4. The lowest BCUT2D eigenvalue weighted by molar-refractivity contribution is -0.384. The summed E-state index contributed by atoms with van der Waals surface area (Å²) in [6, 6.07) is 23.8. The van der Waals surface area contributed by atoms with Gasteiger partial charge in [0.25, 0.3) is 17.2 Å². The van der Waals surface area contributed by atoms with Gasteiger partial charge in [-0.25, -0.2) is 10.1 Å². The number of hydrogen-bond acceptors (Lipinski definition) is 7. The summed E-state index contributed by atoms with van der Waals surface area (Å²) in [7, 11) is 1.22. The summed E-state index contributed by atoms with van der Waals surface area (Å²) in [5.41, 5.74) is 4.15. The molecule has 0 spiro atoms. The molecular formula is C28H25N5O6. The molecule has 11 nitrogen and oxygen atoms in total. The van der Waals surface area contributed by atoms with Crippen molar-refractivity contribution in [3.05, 3.63) is 128 Å². The molecule has 0 bridgehead atoms. The van der Waals surface area contributed by atoms with E-state index < -0.39 is 28.3 Å². The van der Waals surface area contributed by atoms with Crippen LogP contribution in [-0.2, 0) is 20.7 Å². The van der Waals surface area contributed by atoms with Crippen molar-refractivity contribution in [2.24, 2.45) is 5.10 Å². The number of aromatic nitrogens is 2. The number of benzene rings is 3. The molecule has 198 valence electrons. The highest BCUT2D eigenvalue weighted by Gasteiger charge is 2.24. The second-order valence-electron chi connectivity index (χ2n) is 8.56. The molecule has 39 heavy (non-hydrogen) atoms. The summed E-state index contributed by atoms with van der Waals surface area (Å²) >= 11 is 0. The van der Waals surface area contributed by atoms with Crippen molar-refractivity contribution in [1.82, 2.24) is 15.2 Å². The van der Waals surface area contributed by atoms with E-state index in [0.29, 0.717) is 5.69 Å². The van der Waals surface area contributed by atoms with Crippen LogP contribution < -0.4 is 11.0 Å². The first-order valence-electron chi connectivity index (χ1n) is 11.9. The minimum atomic E-state index is -0.651. The Kier molecular flexibility index (Phi) is 8.10. The molecule has 0 aliphatic rings. The molecule has 0 aliphatic heterocycles. The number of aromatic amines is 1. The van der Waals surface area contributed by atoms with Gasteiger partial charge in [0, 0.05) is 12.1 Å². The third kappa shape index (κ3) is 5.99. The fourth-order valence-corrected chi connectivity index (χ4v) is 4.15. The van der Waals surface area contributed by atoms with Gasteiger partial charge in [-0.05, 0) is 30.2 Å². The first kappa shape index (κ1) is 26.7. The molecule has 1 aromatic heterocycles. The zero-order chi connectivity index (χ0) is 27.9. The highest BCUT2D eigenvalue weighted by Crippen LogP contribution is 2.25. The first-order valence-corrected chi connectivity index (χ1v) is 11.9. The van der Waals surface area contributed by atoms with E-state index in [0.717, 1.165) is 15.8 Å². The third-order valence-electron chi connectivity index (χ3n) is 6.06. The van der Waals surface area contributed by atoms with Crippen LogP contribution in [0.15, 0.2) is 94.8 Å². The van der Waals surface area contributed by atoms with Gasteiger partial charge in [-0.3, -0.25) is 29.6 Å². The van der Waals surface area contributed by atoms with Gasteiger partial charge < -0.3 is 4.74 Å². The predicted octanol–water partition coefficient (Wildman–Crippen LogP) is 3.46. The zero-order valence-corrected chi connectivity index (χ0v) is 21.2. The highest BCUT2D eigenvalue weighted by atomic mass is 16.6. The number of rotatable bonds is 9. The van der Waals surface area contributed by atoms with E-state index in [2.05, 4.69) is 15.6 Å². The van der Waals surface area contributed by atoms with E-state index in [-0.39, 0.29) is 29.1 Å². The molecule has 0 saturated carbocycles. The number of nitro groups is 1. The largest absolute Gasteiger partial charge is 0.469 e. The summed E-state index contributed by atoms with van der Waals surface area (Å²) in [4.78, 5) is 49.3. The Balaban J connectivity index is 1.69. The number of carbonyl (C=O) groups excluding carboxylic acids is 2. The highest BCUT2D eigenvalue weighted by molar-refractivity contribution is 6.01.